The molecule has 194 valence electrons. The minimum absolute atomic E-state index is 0.0287. The van der Waals surface area contributed by atoms with Gasteiger partial charge in [0.15, 0.2) is 0 Å². The molecular formula is C34H36N2O2. The second-order valence-corrected chi connectivity index (χ2v) is 13.0. The number of hydrogen-bond donors (Lipinski definition) is 2. The zero-order valence-electron chi connectivity index (χ0n) is 22.5. The van der Waals surface area contributed by atoms with Crippen LogP contribution in [0.5, 0.6) is 11.5 Å². The molecule has 0 aromatic heterocycles. The lowest BCUT2D eigenvalue weighted by Gasteiger charge is -2.20. The molecule has 3 aromatic rings. The quantitative estimate of drug-likeness (QED) is 0.349. The Labute approximate surface area is 225 Å². The van der Waals surface area contributed by atoms with Gasteiger partial charge in [0.25, 0.3) is 0 Å². The maximum absolute atomic E-state index is 10.8. The van der Waals surface area contributed by atoms with Crippen LogP contribution in [-0.4, -0.2) is 22.6 Å². The molecule has 2 fully saturated rings. The second kappa shape index (κ2) is 8.56. The number of hydrogen-bond acceptors (Lipinski definition) is 4. The van der Waals surface area contributed by atoms with Crippen LogP contribution in [0.3, 0.4) is 0 Å². The molecule has 0 radical (unpaired) electrons. The number of aliphatic imine (C=N–C) groups is 2. The average Bonchev–Trinajstić information content (AvgIpc) is 3.68. The summed E-state index contributed by atoms with van der Waals surface area (Å²) in [6.45, 7) is 6.57. The summed E-state index contributed by atoms with van der Waals surface area (Å²) in [6.07, 6.45) is 11.0. The Bertz CT molecular complexity index is 1510. The van der Waals surface area contributed by atoms with E-state index in [-0.39, 0.29) is 5.41 Å². The Kier molecular flexibility index (Phi) is 5.34. The van der Waals surface area contributed by atoms with E-state index >= 15 is 0 Å². The van der Waals surface area contributed by atoms with Crippen molar-refractivity contribution < 1.29 is 10.2 Å². The Morgan fingerprint density at radius 2 is 1.08 bits per heavy atom. The fraction of sp³-hybridized carbons (Fsp3) is 0.412. The van der Waals surface area contributed by atoms with Crippen molar-refractivity contribution in [3.05, 3.63) is 81.4 Å². The van der Waals surface area contributed by atoms with Crippen LogP contribution in [0.25, 0.3) is 0 Å². The average molecular weight is 505 g/mol. The number of nitrogens with zero attached hydrogens (tertiary/aromatic N) is 2. The van der Waals surface area contributed by atoms with E-state index in [1.54, 1.807) is 12.4 Å². The molecule has 4 bridgehead atoms. The maximum atomic E-state index is 10.8. The van der Waals surface area contributed by atoms with Gasteiger partial charge < -0.3 is 10.2 Å². The smallest absolute Gasteiger partial charge is 0.124 e. The van der Waals surface area contributed by atoms with Crippen LogP contribution < -0.4 is 0 Å². The molecule has 2 saturated carbocycles. The number of fused-ring (bicyclic) bond motifs is 10. The van der Waals surface area contributed by atoms with Gasteiger partial charge in [-0.05, 0) is 132 Å². The Hall–Kier alpha value is -3.40. The highest BCUT2D eigenvalue weighted by molar-refractivity contribution is 5.90. The summed E-state index contributed by atoms with van der Waals surface area (Å²) in [4.78, 5) is 9.67. The van der Waals surface area contributed by atoms with Gasteiger partial charge in [0, 0.05) is 23.6 Å². The van der Waals surface area contributed by atoms with Crippen LogP contribution in [0.2, 0.25) is 0 Å². The lowest BCUT2D eigenvalue weighted by molar-refractivity contribution is 0.472. The van der Waals surface area contributed by atoms with Crippen molar-refractivity contribution in [2.24, 2.45) is 9.98 Å². The van der Waals surface area contributed by atoms with Crippen molar-refractivity contribution in [3.63, 3.8) is 0 Å². The van der Waals surface area contributed by atoms with Gasteiger partial charge in [-0.2, -0.15) is 0 Å². The van der Waals surface area contributed by atoms with Crippen molar-refractivity contribution in [1.29, 1.82) is 0 Å². The largest absolute Gasteiger partial charge is 0.507 e. The molecule has 0 aliphatic heterocycles. The van der Waals surface area contributed by atoms with E-state index < -0.39 is 0 Å². The molecule has 0 saturated heterocycles. The molecule has 0 amide bonds. The molecule has 2 N–H and O–H groups in total. The first kappa shape index (κ1) is 23.7. The van der Waals surface area contributed by atoms with Gasteiger partial charge in [0.2, 0.25) is 0 Å². The van der Waals surface area contributed by atoms with Crippen LogP contribution in [-0.2, 0) is 5.41 Å². The maximum Gasteiger partial charge on any atom is 0.124 e. The fourth-order valence-electron chi connectivity index (χ4n) is 7.47. The molecule has 4 nitrogen and oxygen atoms in total. The summed E-state index contributed by atoms with van der Waals surface area (Å²) in [5.41, 5.74) is 9.62. The highest BCUT2D eigenvalue weighted by Gasteiger charge is 2.38. The van der Waals surface area contributed by atoms with Crippen LogP contribution >= 0.6 is 0 Å². The van der Waals surface area contributed by atoms with E-state index in [2.05, 4.69) is 45.0 Å². The molecule has 4 aliphatic rings. The van der Waals surface area contributed by atoms with Gasteiger partial charge in [-0.25, -0.2) is 0 Å². The SMILES string of the molecule is CC(C)(C)c1ccc(N=Cc2cc3c(cc2O)C2CCC3C2)c(N=Cc2cc3c(cc2O)C2CCC3C2)c1. The summed E-state index contributed by atoms with van der Waals surface area (Å²) in [5.74, 6) is 3.08. The summed E-state index contributed by atoms with van der Waals surface area (Å²) >= 11 is 0. The molecule has 4 atom stereocenters. The van der Waals surface area contributed by atoms with Crippen LogP contribution in [0, 0.1) is 0 Å². The van der Waals surface area contributed by atoms with E-state index in [1.807, 2.05) is 18.2 Å². The third-order valence-electron chi connectivity index (χ3n) is 9.62. The van der Waals surface area contributed by atoms with Crippen molar-refractivity contribution in [2.75, 3.05) is 0 Å². The number of benzene rings is 3. The van der Waals surface area contributed by atoms with Crippen LogP contribution in [0.4, 0.5) is 11.4 Å². The minimum Gasteiger partial charge on any atom is -0.507 e. The molecule has 38 heavy (non-hydrogen) atoms. The monoisotopic (exact) mass is 504 g/mol. The Morgan fingerprint density at radius 1 is 0.632 bits per heavy atom. The Balaban J connectivity index is 1.24. The fourth-order valence-corrected chi connectivity index (χ4v) is 7.47. The van der Waals surface area contributed by atoms with Crippen LogP contribution in [0.1, 0.15) is 122 Å². The molecule has 4 aliphatic carbocycles. The highest BCUT2D eigenvalue weighted by Crippen LogP contribution is 2.55. The number of phenols is 2. The first-order valence-corrected chi connectivity index (χ1v) is 14.2. The summed E-state index contributed by atoms with van der Waals surface area (Å²) < 4.78 is 0. The molecule has 0 spiro atoms. The molecule has 7 rings (SSSR count). The predicted octanol–water partition coefficient (Wildman–Crippen LogP) is 8.63. The summed E-state index contributed by atoms with van der Waals surface area (Å²) in [6, 6.07) is 14.4. The number of aromatic hydroxyl groups is 2. The number of phenolic OH excluding ortho intramolecular Hbond substituents is 2. The van der Waals surface area contributed by atoms with Gasteiger partial charge in [-0.1, -0.05) is 26.8 Å². The van der Waals surface area contributed by atoms with Crippen molar-refractivity contribution in [3.8, 4) is 11.5 Å². The third-order valence-corrected chi connectivity index (χ3v) is 9.62. The van der Waals surface area contributed by atoms with Gasteiger partial charge >= 0.3 is 0 Å². The zero-order valence-corrected chi connectivity index (χ0v) is 22.5. The van der Waals surface area contributed by atoms with E-state index in [9.17, 15) is 10.2 Å². The van der Waals surface area contributed by atoms with Gasteiger partial charge in [0.1, 0.15) is 11.5 Å². The first-order valence-electron chi connectivity index (χ1n) is 14.2. The minimum atomic E-state index is -0.0287. The van der Waals surface area contributed by atoms with Gasteiger partial charge in [-0.3, -0.25) is 9.98 Å². The third kappa shape index (κ3) is 3.88. The summed E-state index contributed by atoms with van der Waals surface area (Å²) in [7, 11) is 0. The topological polar surface area (TPSA) is 65.2 Å². The van der Waals surface area contributed by atoms with Gasteiger partial charge in [0.05, 0.1) is 11.4 Å². The van der Waals surface area contributed by atoms with Crippen molar-refractivity contribution in [2.45, 2.75) is 88.4 Å². The highest BCUT2D eigenvalue weighted by atomic mass is 16.3. The lowest BCUT2D eigenvalue weighted by atomic mass is 9.86. The molecule has 0 heterocycles. The molecule has 4 heteroatoms. The number of rotatable bonds is 4. The predicted molar refractivity (Wildman–Crippen MR) is 155 cm³/mol. The standard InChI is InChI=1S/C34H36N2O2/c1-34(2,3)25-8-9-30(35-17-23-12-26-19-4-6-21(10-19)28(26)15-32(23)37)31(14-25)36-18-24-13-27-20-5-7-22(11-20)29(27)16-33(24)38/h8-9,12-22,37-38H,4-7,10-11H2,1-3H3. The van der Waals surface area contributed by atoms with Crippen LogP contribution in [0.15, 0.2) is 52.4 Å². The molecule has 4 unspecified atom stereocenters. The van der Waals surface area contributed by atoms with E-state index in [4.69, 9.17) is 9.98 Å². The molecule has 3 aromatic carbocycles. The Morgan fingerprint density at radius 3 is 1.55 bits per heavy atom. The first-order chi connectivity index (χ1) is 18.2. The van der Waals surface area contributed by atoms with Crippen molar-refractivity contribution in [1.82, 2.24) is 0 Å². The van der Waals surface area contributed by atoms with Crippen molar-refractivity contribution >= 4 is 23.8 Å². The normalized spacial score (nSPS) is 25.1. The zero-order chi connectivity index (χ0) is 26.2. The van der Waals surface area contributed by atoms with E-state index in [0.717, 1.165) is 22.5 Å². The lowest BCUT2D eigenvalue weighted by Crippen LogP contribution is -2.10. The second-order valence-electron chi connectivity index (χ2n) is 13.0. The van der Waals surface area contributed by atoms with E-state index in [1.165, 1.54) is 66.3 Å². The van der Waals surface area contributed by atoms with Gasteiger partial charge in [-0.15, -0.1) is 0 Å². The summed E-state index contributed by atoms with van der Waals surface area (Å²) in [5, 5.41) is 21.5. The molecular weight excluding hydrogens is 468 g/mol. The van der Waals surface area contributed by atoms with E-state index in [0.29, 0.717) is 35.2 Å².